The summed E-state index contributed by atoms with van der Waals surface area (Å²) in [5, 5.41) is 2.75. The molecule has 0 aliphatic heterocycles. The third kappa shape index (κ3) is 4.24. The molecule has 0 atom stereocenters. The van der Waals surface area contributed by atoms with Gasteiger partial charge >= 0.3 is 0 Å². The normalized spacial score (nSPS) is 10.4. The Kier molecular flexibility index (Phi) is 5.29. The lowest BCUT2D eigenvalue weighted by Gasteiger charge is -2.10. The topological polar surface area (TPSA) is 29.1 Å². The minimum Gasteiger partial charge on any atom is -0.322 e. The van der Waals surface area contributed by atoms with Crippen LogP contribution in [-0.4, -0.2) is 5.91 Å². The highest BCUT2D eigenvalue weighted by Crippen LogP contribution is 2.27. The van der Waals surface area contributed by atoms with Crippen LogP contribution in [-0.2, 0) is 5.75 Å². The van der Waals surface area contributed by atoms with Crippen molar-refractivity contribution in [3.05, 3.63) is 95.8 Å². The van der Waals surface area contributed by atoms with Crippen molar-refractivity contribution in [2.24, 2.45) is 0 Å². The van der Waals surface area contributed by atoms with Crippen molar-refractivity contribution in [3.8, 4) is 0 Å². The third-order valence-corrected chi connectivity index (χ3v) is 4.60. The van der Waals surface area contributed by atoms with Crippen LogP contribution in [0.2, 0.25) is 0 Å². The number of carbonyl (C=O) groups is 1. The quantitative estimate of drug-likeness (QED) is 0.634. The van der Waals surface area contributed by atoms with Gasteiger partial charge in [0.2, 0.25) is 0 Å². The lowest BCUT2D eigenvalue weighted by molar-refractivity contribution is 0.102. The summed E-state index contributed by atoms with van der Waals surface area (Å²) in [5.41, 5.74) is 2.23. The molecule has 0 aliphatic rings. The molecule has 0 aromatic heterocycles. The van der Waals surface area contributed by atoms with Crippen molar-refractivity contribution in [2.75, 3.05) is 5.32 Å². The minimum atomic E-state index is -0.375. The number of hydrogen-bond donors (Lipinski definition) is 1. The van der Waals surface area contributed by atoms with Gasteiger partial charge in [-0.2, -0.15) is 0 Å². The molecule has 2 nitrogen and oxygen atoms in total. The van der Waals surface area contributed by atoms with Crippen LogP contribution in [0.4, 0.5) is 10.1 Å². The molecule has 1 N–H and O–H groups in total. The average molecular weight is 337 g/mol. The van der Waals surface area contributed by atoms with Gasteiger partial charge in [0, 0.05) is 16.3 Å². The number of thioether (sulfide) groups is 1. The first-order valence-corrected chi connectivity index (χ1v) is 8.53. The maximum absolute atomic E-state index is 13.3. The number of hydrogen-bond acceptors (Lipinski definition) is 2. The molecule has 0 heterocycles. The van der Waals surface area contributed by atoms with Crippen LogP contribution >= 0.6 is 11.8 Å². The highest BCUT2D eigenvalue weighted by molar-refractivity contribution is 7.98. The van der Waals surface area contributed by atoms with Crippen LogP contribution in [0, 0.1) is 5.82 Å². The average Bonchev–Trinajstić information content (AvgIpc) is 2.61. The molecule has 1 amide bonds. The summed E-state index contributed by atoms with van der Waals surface area (Å²) in [6.07, 6.45) is 0. The van der Waals surface area contributed by atoms with Gasteiger partial charge in [0.15, 0.2) is 0 Å². The van der Waals surface area contributed by atoms with E-state index in [9.17, 15) is 9.18 Å². The van der Waals surface area contributed by atoms with Gasteiger partial charge in [0.1, 0.15) is 5.82 Å². The molecule has 120 valence electrons. The van der Waals surface area contributed by atoms with Gasteiger partial charge in [-0.3, -0.25) is 4.79 Å². The van der Waals surface area contributed by atoms with E-state index < -0.39 is 0 Å². The Balaban J connectivity index is 1.74. The van der Waals surface area contributed by atoms with E-state index >= 15 is 0 Å². The molecule has 0 fully saturated rings. The number of carbonyl (C=O) groups excluding carboxylic acids is 1. The molecular weight excluding hydrogens is 321 g/mol. The molecule has 0 spiro atoms. The highest BCUT2D eigenvalue weighted by atomic mass is 32.2. The Labute approximate surface area is 144 Å². The lowest BCUT2D eigenvalue weighted by Crippen LogP contribution is -2.13. The van der Waals surface area contributed by atoms with E-state index in [0.29, 0.717) is 11.3 Å². The van der Waals surface area contributed by atoms with E-state index in [2.05, 4.69) is 17.4 Å². The predicted octanol–water partition coefficient (Wildman–Crippen LogP) is 5.37. The van der Waals surface area contributed by atoms with E-state index in [0.717, 1.165) is 10.6 Å². The highest BCUT2D eigenvalue weighted by Gasteiger charge is 2.12. The molecule has 0 unspecified atom stereocenters. The summed E-state index contributed by atoms with van der Waals surface area (Å²) < 4.78 is 13.3. The standard InChI is InChI=1S/C20H16FNOS/c21-16-9-6-10-17(13-16)22-20(23)18-11-4-5-12-19(18)24-14-15-7-2-1-3-8-15/h1-13H,14H2,(H,22,23). The van der Waals surface area contributed by atoms with Crippen LogP contribution < -0.4 is 5.32 Å². The second-order valence-electron chi connectivity index (χ2n) is 5.23. The van der Waals surface area contributed by atoms with Crippen molar-refractivity contribution < 1.29 is 9.18 Å². The third-order valence-electron chi connectivity index (χ3n) is 3.45. The van der Waals surface area contributed by atoms with Crippen molar-refractivity contribution in [1.82, 2.24) is 0 Å². The first-order valence-electron chi connectivity index (χ1n) is 7.55. The van der Waals surface area contributed by atoms with Crippen molar-refractivity contribution in [2.45, 2.75) is 10.6 Å². The van der Waals surface area contributed by atoms with Gasteiger partial charge in [-0.1, -0.05) is 48.5 Å². The van der Waals surface area contributed by atoms with E-state index in [1.807, 2.05) is 36.4 Å². The fourth-order valence-electron chi connectivity index (χ4n) is 2.28. The number of halogens is 1. The molecule has 3 aromatic carbocycles. The Hall–Kier alpha value is -2.59. The SMILES string of the molecule is O=C(Nc1cccc(F)c1)c1ccccc1SCc1ccccc1. The number of benzene rings is 3. The molecule has 3 aromatic rings. The Morgan fingerprint density at radius 2 is 1.67 bits per heavy atom. The molecule has 0 aliphatic carbocycles. The van der Waals surface area contributed by atoms with Crippen LogP contribution in [0.5, 0.6) is 0 Å². The smallest absolute Gasteiger partial charge is 0.256 e. The van der Waals surface area contributed by atoms with E-state index in [-0.39, 0.29) is 11.7 Å². The monoisotopic (exact) mass is 337 g/mol. The second-order valence-corrected chi connectivity index (χ2v) is 6.25. The van der Waals surface area contributed by atoms with Gasteiger partial charge in [0.25, 0.3) is 5.91 Å². The Bertz CT molecular complexity index is 836. The summed E-state index contributed by atoms with van der Waals surface area (Å²) in [4.78, 5) is 13.4. The maximum Gasteiger partial charge on any atom is 0.256 e. The molecule has 0 radical (unpaired) electrons. The summed E-state index contributed by atoms with van der Waals surface area (Å²) in [6, 6.07) is 23.4. The van der Waals surface area contributed by atoms with Crippen LogP contribution in [0.15, 0.2) is 83.8 Å². The van der Waals surface area contributed by atoms with Gasteiger partial charge in [-0.05, 0) is 35.9 Å². The maximum atomic E-state index is 13.3. The second kappa shape index (κ2) is 7.79. The van der Waals surface area contributed by atoms with Gasteiger partial charge < -0.3 is 5.32 Å². The molecule has 0 bridgehead atoms. The first kappa shape index (κ1) is 16.3. The molecule has 3 rings (SSSR count). The van der Waals surface area contributed by atoms with Crippen molar-refractivity contribution in [1.29, 1.82) is 0 Å². The molecule has 24 heavy (non-hydrogen) atoms. The zero-order valence-electron chi connectivity index (χ0n) is 12.9. The summed E-state index contributed by atoms with van der Waals surface area (Å²) in [5.74, 6) is 0.168. The van der Waals surface area contributed by atoms with Gasteiger partial charge in [0.05, 0.1) is 5.56 Å². The van der Waals surface area contributed by atoms with Crippen LogP contribution in [0.25, 0.3) is 0 Å². The van der Waals surface area contributed by atoms with Crippen LogP contribution in [0.3, 0.4) is 0 Å². The molecular formula is C20H16FNOS. The van der Waals surface area contributed by atoms with Gasteiger partial charge in [-0.25, -0.2) is 4.39 Å². The van der Waals surface area contributed by atoms with E-state index in [1.54, 1.807) is 30.0 Å². The fourth-order valence-corrected chi connectivity index (χ4v) is 3.29. The number of amides is 1. The fraction of sp³-hybridized carbons (Fsp3) is 0.0500. The zero-order valence-corrected chi connectivity index (χ0v) is 13.7. The zero-order chi connectivity index (χ0) is 16.8. The molecule has 0 saturated carbocycles. The van der Waals surface area contributed by atoms with E-state index in [4.69, 9.17) is 0 Å². The summed E-state index contributed by atoms with van der Waals surface area (Å²) in [6.45, 7) is 0. The summed E-state index contributed by atoms with van der Waals surface area (Å²) >= 11 is 1.61. The molecule has 0 saturated heterocycles. The summed E-state index contributed by atoms with van der Waals surface area (Å²) in [7, 11) is 0. The van der Waals surface area contributed by atoms with Crippen molar-refractivity contribution >= 4 is 23.4 Å². The first-order chi connectivity index (χ1) is 11.7. The van der Waals surface area contributed by atoms with Crippen LogP contribution in [0.1, 0.15) is 15.9 Å². The number of rotatable bonds is 5. The van der Waals surface area contributed by atoms with Gasteiger partial charge in [-0.15, -0.1) is 11.8 Å². The van der Waals surface area contributed by atoms with Crippen molar-refractivity contribution in [3.63, 3.8) is 0 Å². The Morgan fingerprint density at radius 3 is 2.46 bits per heavy atom. The predicted molar refractivity (Wildman–Crippen MR) is 96.8 cm³/mol. The number of anilines is 1. The Morgan fingerprint density at radius 1 is 0.917 bits per heavy atom. The minimum absolute atomic E-state index is 0.239. The molecule has 4 heteroatoms. The van der Waals surface area contributed by atoms with E-state index in [1.165, 1.54) is 17.7 Å². The largest absolute Gasteiger partial charge is 0.322 e. The number of nitrogens with one attached hydrogen (secondary N) is 1. The lowest BCUT2D eigenvalue weighted by atomic mass is 10.2.